The molecule has 3 aromatic rings. The molecule has 3 aromatic heterocycles. The van der Waals surface area contributed by atoms with E-state index in [1.807, 2.05) is 32.0 Å². The van der Waals surface area contributed by atoms with Gasteiger partial charge in [0, 0.05) is 18.6 Å². The van der Waals surface area contributed by atoms with Crippen LogP contribution < -0.4 is 0 Å². The fourth-order valence-corrected chi connectivity index (χ4v) is 1.68. The number of rotatable bonds is 3. The molecule has 3 rings (SSSR count). The van der Waals surface area contributed by atoms with Crippen LogP contribution in [0.5, 0.6) is 0 Å². The SMILES string of the molecule is c1cn([B-](n2ccnc2)n2ccnc2)cn1. The third-order valence-corrected chi connectivity index (χ3v) is 2.37. The maximum absolute atomic E-state index is 4.06. The van der Waals surface area contributed by atoms with Gasteiger partial charge in [-0.1, -0.05) is 0 Å². The summed E-state index contributed by atoms with van der Waals surface area (Å²) in [7, 11) is -0.0486. The predicted octanol–water partition coefficient (Wildman–Crippen LogP) is 0.206. The van der Waals surface area contributed by atoms with Gasteiger partial charge in [-0.3, -0.25) is 0 Å². The molecule has 7 heteroatoms. The topological polar surface area (TPSA) is 53.5 Å². The van der Waals surface area contributed by atoms with Crippen molar-refractivity contribution in [2.75, 3.05) is 0 Å². The number of imidazole rings is 3. The first-order chi connectivity index (χ1) is 7.95. The van der Waals surface area contributed by atoms with E-state index >= 15 is 0 Å². The molecule has 0 amide bonds. The van der Waals surface area contributed by atoms with Crippen molar-refractivity contribution >= 4 is 7.12 Å². The van der Waals surface area contributed by atoms with E-state index in [1.54, 1.807) is 37.6 Å². The fraction of sp³-hybridized carbons (Fsp3) is 0. The van der Waals surface area contributed by atoms with Crippen molar-refractivity contribution in [2.24, 2.45) is 0 Å². The second-order valence-corrected chi connectivity index (χ2v) is 3.38. The third kappa shape index (κ3) is 1.42. The molecule has 6 nitrogen and oxygen atoms in total. The predicted molar refractivity (Wildman–Crippen MR) is 58.6 cm³/mol. The van der Waals surface area contributed by atoms with Crippen molar-refractivity contribution in [3.8, 4) is 0 Å². The second kappa shape index (κ2) is 3.69. The highest BCUT2D eigenvalue weighted by molar-refractivity contribution is 6.53. The Balaban J connectivity index is 2.09. The van der Waals surface area contributed by atoms with Gasteiger partial charge < -0.3 is 13.4 Å². The number of hydrogen-bond acceptors (Lipinski definition) is 3. The van der Waals surface area contributed by atoms with Gasteiger partial charge in [-0.25, -0.2) is 15.0 Å². The van der Waals surface area contributed by atoms with Crippen LogP contribution in [0.1, 0.15) is 0 Å². The first-order valence-electron chi connectivity index (χ1n) is 4.87. The van der Waals surface area contributed by atoms with Gasteiger partial charge in [0.05, 0.1) is 19.0 Å². The minimum atomic E-state index is -0.0486. The van der Waals surface area contributed by atoms with Gasteiger partial charge in [-0.05, 0) is 18.6 Å². The molecular weight excluding hydrogens is 203 g/mol. The molecule has 0 spiro atoms. The average Bonchev–Trinajstić information content (AvgIpc) is 3.02. The van der Waals surface area contributed by atoms with E-state index in [4.69, 9.17) is 0 Å². The van der Waals surface area contributed by atoms with Gasteiger partial charge in [0.15, 0.2) is 0 Å². The van der Waals surface area contributed by atoms with Crippen LogP contribution in [-0.4, -0.2) is 35.5 Å². The molecule has 16 heavy (non-hydrogen) atoms. The lowest BCUT2D eigenvalue weighted by atomic mass is 9.92. The number of aromatic nitrogens is 6. The molecule has 1 radical (unpaired) electrons. The van der Waals surface area contributed by atoms with E-state index in [2.05, 4.69) is 15.0 Å². The van der Waals surface area contributed by atoms with Crippen LogP contribution in [0.3, 0.4) is 0 Å². The van der Waals surface area contributed by atoms with Crippen LogP contribution in [0.25, 0.3) is 0 Å². The molecule has 0 aliphatic heterocycles. The maximum atomic E-state index is 4.06. The highest BCUT2D eigenvalue weighted by Gasteiger charge is 2.04. The molecular formula is C9H9BN6-. The standard InChI is InChI=1S/C9H9BN6/c1-4-14(7-11-1)10(15-5-2-12-8-15)16-6-3-13-9-16/h1-9H/q-1. The quantitative estimate of drug-likeness (QED) is 0.583. The van der Waals surface area contributed by atoms with E-state index < -0.39 is 0 Å². The van der Waals surface area contributed by atoms with Crippen LogP contribution in [0.15, 0.2) is 56.2 Å². The first-order valence-corrected chi connectivity index (χ1v) is 4.87. The lowest BCUT2D eigenvalue weighted by molar-refractivity contribution is 0.945. The van der Waals surface area contributed by atoms with Crippen molar-refractivity contribution in [3.05, 3.63) is 56.2 Å². The molecule has 0 unspecified atom stereocenters. The van der Waals surface area contributed by atoms with E-state index in [9.17, 15) is 0 Å². The summed E-state index contributed by atoms with van der Waals surface area (Å²) in [6, 6.07) is 0. The largest absolute Gasteiger partial charge is 0.498 e. The first kappa shape index (κ1) is 8.96. The Kier molecular flexibility index (Phi) is 2.07. The molecule has 0 N–H and O–H groups in total. The summed E-state index contributed by atoms with van der Waals surface area (Å²) in [5.41, 5.74) is 0. The summed E-state index contributed by atoms with van der Waals surface area (Å²) in [6.07, 6.45) is 16.3. The molecule has 79 valence electrons. The van der Waals surface area contributed by atoms with E-state index in [0.717, 1.165) is 0 Å². The van der Waals surface area contributed by atoms with Crippen molar-refractivity contribution in [2.45, 2.75) is 0 Å². The minimum Gasteiger partial charge on any atom is -0.498 e. The zero-order chi connectivity index (χ0) is 10.8. The molecule has 0 saturated carbocycles. The van der Waals surface area contributed by atoms with Crippen LogP contribution in [0.4, 0.5) is 0 Å². The Morgan fingerprint density at radius 1 is 0.625 bits per heavy atom. The van der Waals surface area contributed by atoms with Crippen molar-refractivity contribution in [1.29, 1.82) is 0 Å². The van der Waals surface area contributed by atoms with Crippen molar-refractivity contribution in [1.82, 2.24) is 28.4 Å². The lowest BCUT2D eigenvalue weighted by Gasteiger charge is -2.32. The Labute approximate surface area is 92.4 Å². The Morgan fingerprint density at radius 3 is 1.25 bits per heavy atom. The Hall–Kier alpha value is -2.31. The molecule has 0 bridgehead atoms. The zero-order valence-electron chi connectivity index (χ0n) is 8.46. The van der Waals surface area contributed by atoms with Crippen LogP contribution in [0, 0.1) is 0 Å². The Morgan fingerprint density at radius 2 is 1.00 bits per heavy atom. The summed E-state index contributed by atoms with van der Waals surface area (Å²) in [5.74, 6) is 0. The van der Waals surface area contributed by atoms with Crippen LogP contribution in [0.2, 0.25) is 0 Å². The molecule has 0 fully saturated rings. The van der Waals surface area contributed by atoms with Gasteiger partial charge in [0.2, 0.25) is 7.12 Å². The highest BCUT2D eigenvalue weighted by Crippen LogP contribution is 1.99. The van der Waals surface area contributed by atoms with Crippen molar-refractivity contribution < 1.29 is 0 Å². The number of nitrogens with zero attached hydrogens (tertiary/aromatic N) is 6. The summed E-state index contributed by atoms with van der Waals surface area (Å²) in [6.45, 7) is 0. The third-order valence-electron chi connectivity index (χ3n) is 2.37. The highest BCUT2D eigenvalue weighted by atomic mass is 15.2. The summed E-state index contributed by atoms with van der Waals surface area (Å²) >= 11 is 0. The van der Waals surface area contributed by atoms with E-state index in [-0.39, 0.29) is 7.12 Å². The molecule has 3 heterocycles. The molecule has 0 aromatic carbocycles. The van der Waals surface area contributed by atoms with Gasteiger partial charge in [-0.2, -0.15) is 0 Å². The van der Waals surface area contributed by atoms with Gasteiger partial charge in [-0.15, -0.1) is 0 Å². The summed E-state index contributed by atoms with van der Waals surface area (Å²) < 4.78 is 5.93. The molecule has 0 aliphatic rings. The van der Waals surface area contributed by atoms with Crippen LogP contribution >= 0.6 is 0 Å². The van der Waals surface area contributed by atoms with E-state index in [0.29, 0.717) is 0 Å². The summed E-state index contributed by atoms with van der Waals surface area (Å²) in [5, 5.41) is 0. The Bertz CT molecular complexity index is 445. The lowest BCUT2D eigenvalue weighted by Crippen LogP contribution is -2.39. The normalized spacial score (nSPS) is 11.1. The van der Waals surface area contributed by atoms with Crippen LogP contribution in [-0.2, 0) is 0 Å². The van der Waals surface area contributed by atoms with Gasteiger partial charge in [0.25, 0.3) is 0 Å². The smallest absolute Gasteiger partial charge is 0.205 e. The van der Waals surface area contributed by atoms with Gasteiger partial charge >= 0.3 is 0 Å². The molecule has 0 saturated heterocycles. The molecule has 0 aliphatic carbocycles. The maximum Gasteiger partial charge on any atom is 0.205 e. The minimum absolute atomic E-state index is 0.0486. The molecule has 0 atom stereocenters. The summed E-state index contributed by atoms with van der Waals surface area (Å²) in [4.78, 5) is 12.2. The fourth-order valence-electron chi connectivity index (χ4n) is 1.68. The van der Waals surface area contributed by atoms with Crippen molar-refractivity contribution in [3.63, 3.8) is 0 Å². The average molecular weight is 212 g/mol. The van der Waals surface area contributed by atoms with E-state index in [1.165, 1.54) is 0 Å². The number of hydrogen-bond donors (Lipinski definition) is 0. The zero-order valence-corrected chi connectivity index (χ0v) is 8.46. The monoisotopic (exact) mass is 212 g/mol. The van der Waals surface area contributed by atoms with Gasteiger partial charge in [0.1, 0.15) is 0 Å². The second-order valence-electron chi connectivity index (χ2n) is 3.38.